The van der Waals surface area contributed by atoms with Gasteiger partial charge in [-0.3, -0.25) is 9.69 Å². The van der Waals surface area contributed by atoms with Gasteiger partial charge in [0.2, 0.25) is 0 Å². The van der Waals surface area contributed by atoms with Gasteiger partial charge in [-0.2, -0.15) is 0 Å². The van der Waals surface area contributed by atoms with Crippen LogP contribution in [0, 0.1) is 0 Å². The molecule has 0 aliphatic heterocycles. The zero-order valence-corrected chi connectivity index (χ0v) is 13.3. The van der Waals surface area contributed by atoms with Crippen LogP contribution in [0.2, 0.25) is 0 Å². The van der Waals surface area contributed by atoms with Gasteiger partial charge in [-0.1, -0.05) is 31.2 Å². The SMILES string of the molecule is CCc1ccc(C(=O)C(C)N(CCOC)C(C)C)cc1. The highest BCUT2D eigenvalue weighted by Crippen LogP contribution is 2.13. The maximum absolute atomic E-state index is 12.6. The molecule has 3 nitrogen and oxygen atoms in total. The van der Waals surface area contributed by atoms with Crippen molar-refractivity contribution >= 4 is 5.78 Å². The summed E-state index contributed by atoms with van der Waals surface area (Å²) in [4.78, 5) is 14.8. The first-order valence-corrected chi connectivity index (χ1v) is 7.39. The fourth-order valence-corrected chi connectivity index (χ4v) is 2.39. The van der Waals surface area contributed by atoms with E-state index in [-0.39, 0.29) is 11.8 Å². The van der Waals surface area contributed by atoms with Gasteiger partial charge in [0.05, 0.1) is 12.6 Å². The molecule has 112 valence electrons. The molecule has 1 rings (SSSR count). The van der Waals surface area contributed by atoms with Crippen LogP contribution in [0.25, 0.3) is 0 Å². The third-order valence-corrected chi connectivity index (χ3v) is 3.74. The number of carbonyl (C=O) groups excluding carboxylic acids is 1. The second-order valence-corrected chi connectivity index (χ2v) is 5.42. The number of benzene rings is 1. The average molecular weight is 277 g/mol. The zero-order chi connectivity index (χ0) is 15.1. The Balaban J connectivity index is 2.81. The van der Waals surface area contributed by atoms with Crippen molar-refractivity contribution in [2.45, 2.75) is 46.2 Å². The van der Waals surface area contributed by atoms with Gasteiger partial charge in [-0.05, 0) is 32.8 Å². The number of hydrogen-bond donors (Lipinski definition) is 0. The Hall–Kier alpha value is -1.19. The Morgan fingerprint density at radius 3 is 2.25 bits per heavy atom. The predicted octanol–water partition coefficient (Wildman–Crippen LogP) is 3.18. The number of ketones is 1. The van der Waals surface area contributed by atoms with Crippen LogP contribution >= 0.6 is 0 Å². The number of carbonyl (C=O) groups is 1. The summed E-state index contributed by atoms with van der Waals surface area (Å²) < 4.78 is 5.14. The summed E-state index contributed by atoms with van der Waals surface area (Å²) in [5.74, 6) is 0.178. The largest absolute Gasteiger partial charge is 0.383 e. The summed E-state index contributed by atoms with van der Waals surface area (Å²) in [6.45, 7) is 9.73. The molecule has 0 radical (unpaired) electrons. The van der Waals surface area contributed by atoms with Crippen molar-refractivity contribution in [1.82, 2.24) is 4.90 Å². The number of methoxy groups -OCH3 is 1. The van der Waals surface area contributed by atoms with E-state index in [1.165, 1.54) is 5.56 Å². The van der Waals surface area contributed by atoms with Crippen LogP contribution in [0.4, 0.5) is 0 Å². The van der Waals surface area contributed by atoms with Crippen LogP contribution in [-0.2, 0) is 11.2 Å². The summed E-state index contributed by atoms with van der Waals surface area (Å²) in [7, 11) is 1.69. The minimum absolute atomic E-state index is 0.127. The molecular weight excluding hydrogens is 250 g/mol. The van der Waals surface area contributed by atoms with Crippen LogP contribution in [0.15, 0.2) is 24.3 Å². The zero-order valence-electron chi connectivity index (χ0n) is 13.3. The van der Waals surface area contributed by atoms with E-state index in [1.54, 1.807) is 7.11 Å². The van der Waals surface area contributed by atoms with Crippen LogP contribution in [0.3, 0.4) is 0 Å². The van der Waals surface area contributed by atoms with Crippen molar-refractivity contribution < 1.29 is 9.53 Å². The summed E-state index contributed by atoms with van der Waals surface area (Å²) in [6, 6.07) is 8.14. The molecule has 0 saturated carbocycles. The Bertz CT molecular complexity index is 412. The third kappa shape index (κ3) is 4.43. The molecule has 3 heteroatoms. The second kappa shape index (κ2) is 8.18. The van der Waals surface area contributed by atoms with E-state index in [4.69, 9.17) is 4.74 Å². The smallest absolute Gasteiger partial charge is 0.179 e. The van der Waals surface area contributed by atoms with Gasteiger partial charge >= 0.3 is 0 Å². The standard InChI is InChI=1S/C17H27NO2/c1-6-15-7-9-16(10-8-15)17(19)14(4)18(13(2)3)11-12-20-5/h7-10,13-14H,6,11-12H2,1-5H3. The molecule has 1 unspecified atom stereocenters. The van der Waals surface area contributed by atoms with Crippen molar-refractivity contribution in [3.63, 3.8) is 0 Å². The molecule has 20 heavy (non-hydrogen) atoms. The molecule has 0 aliphatic carbocycles. The lowest BCUT2D eigenvalue weighted by Crippen LogP contribution is -2.45. The quantitative estimate of drug-likeness (QED) is 0.684. The molecule has 0 saturated heterocycles. The second-order valence-electron chi connectivity index (χ2n) is 5.42. The number of nitrogens with zero attached hydrogens (tertiary/aromatic N) is 1. The Morgan fingerprint density at radius 1 is 1.20 bits per heavy atom. The molecule has 1 aromatic rings. The van der Waals surface area contributed by atoms with E-state index in [0.29, 0.717) is 12.6 Å². The van der Waals surface area contributed by atoms with Crippen LogP contribution in [0.1, 0.15) is 43.6 Å². The predicted molar refractivity (Wildman–Crippen MR) is 83.3 cm³/mol. The molecule has 0 N–H and O–H groups in total. The van der Waals surface area contributed by atoms with Crippen LogP contribution < -0.4 is 0 Å². The normalized spacial score (nSPS) is 12.9. The van der Waals surface area contributed by atoms with E-state index in [9.17, 15) is 4.79 Å². The minimum atomic E-state index is -0.127. The molecule has 1 aromatic carbocycles. The van der Waals surface area contributed by atoms with Crippen molar-refractivity contribution in [1.29, 1.82) is 0 Å². The van der Waals surface area contributed by atoms with Gasteiger partial charge in [0.15, 0.2) is 5.78 Å². The Labute approximate surface area is 122 Å². The average Bonchev–Trinajstić information content (AvgIpc) is 2.46. The van der Waals surface area contributed by atoms with Gasteiger partial charge in [0.25, 0.3) is 0 Å². The van der Waals surface area contributed by atoms with Gasteiger partial charge in [0, 0.05) is 25.3 Å². The number of Topliss-reactive ketones (excluding diaryl/α,β-unsaturated/α-hetero) is 1. The number of aryl methyl sites for hydroxylation is 1. The molecule has 0 aromatic heterocycles. The molecule has 0 spiro atoms. The lowest BCUT2D eigenvalue weighted by atomic mass is 10.0. The molecular formula is C17H27NO2. The Morgan fingerprint density at radius 2 is 1.80 bits per heavy atom. The van der Waals surface area contributed by atoms with Gasteiger partial charge in [-0.15, -0.1) is 0 Å². The van der Waals surface area contributed by atoms with Crippen molar-refractivity contribution in [2.75, 3.05) is 20.3 Å². The van der Waals surface area contributed by atoms with E-state index < -0.39 is 0 Å². The summed E-state index contributed by atoms with van der Waals surface area (Å²) in [5, 5.41) is 0. The van der Waals surface area contributed by atoms with Crippen LogP contribution in [0.5, 0.6) is 0 Å². The van der Waals surface area contributed by atoms with Gasteiger partial charge < -0.3 is 4.74 Å². The topological polar surface area (TPSA) is 29.5 Å². The highest BCUT2D eigenvalue weighted by Gasteiger charge is 2.24. The Kier molecular flexibility index (Phi) is 6.89. The van der Waals surface area contributed by atoms with E-state index in [0.717, 1.165) is 18.5 Å². The maximum atomic E-state index is 12.6. The number of hydrogen-bond acceptors (Lipinski definition) is 3. The number of ether oxygens (including phenoxy) is 1. The van der Waals surface area contributed by atoms with Crippen molar-refractivity contribution in [2.24, 2.45) is 0 Å². The van der Waals surface area contributed by atoms with Crippen molar-refractivity contribution in [3.8, 4) is 0 Å². The molecule has 1 atom stereocenters. The maximum Gasteiger partial charge on any atom is 0.179 e. The van der Waals surface area contributed by atoms with E-state index in [2.05, 4.69) is 25.7 Å². The summed E-state index contributed by atoms with van der Waals surface area (Å²) >= 11 is 0. The fourth-order valence-electron chi connectivity index (χ4n) is 2.39. The highest BCUT2D eigenvalue weighted by atomic mass is 16.5. The number of rotatable bonds is 8. The first-order chi connectivity index (χ1) is 9.51. The van der Waals surface area contributed by atoms with Gasteiger partial charge in [-0.25, -0.2) is 0 Å². The first-order valence-electron chi connectivity index (χ1n) is 7.39. The fraction of sp³-hybridized carbons (Fsp3) is 0.588. The van der Waals surface area contributed by atoms with Crippen LogP contribution in [-0.4, -0.2) is 43.0 Å². The lowest BCUT2D eigenvalue weighted by molar-refractivity contribution is 0.0698. The minimum Gasteiger partial charge on any atom is -0.383 e. The monoisotopic (exact) mass is 277 g/mol. The third-order valence-electron chi connectivity index (χ3n) is 3.74. The molecule has 0 aliphatic rings. The molecule has 0 fully saturated rings. The van der Waals surface area contributed by atoms with Crippen molar-refractivity contribution in [3.05, 3.63) is 35.4 Å². The highest BCUT2D eigenvalue weighted by molar-refractivity contribution is 5.99. The summed E-state index contributed by atoms with van der Waals surface area (Å²) in [6.07, 6.45) is 0.996. The molecule has 0 bridgehead atoms. The van der Waals surface area contributed by atoms with E-state index in [1.807, 2.05) is 31.2 Å². The first kappa shape index (κ1) is 16.9. The van der Waals surface area contributed by atoms with Gasteiger partial charge in [0.1, 0.15) is 0 Å². The lowest BCUT2D eigenvalue weighted by Gasteiger charge is -2.31. The van der Waals surface area contributed by atoms with E-state index >= 15 is 0 Å². The summed E-state index contributed by atoms with van der Waals surface area (Å²) in [5.41, 5.74) is 2.05. The molecule has 0 amide bonds. The molecule has 0 heterocycles.